The molecule has 0 radical (unpaired) electrons. The molecule has 0 N–H and O–H groups in total. The average molecular weight is 329 g/mol. The molecule has 1 saturated carbocycles. The van der Waals surface area contributed by atoms with Crippen LogP contribution in [0.4, 0.5) is 4.39 Å². The Bertz CT molecular complexity index is 660. The van der Waals surface area contributed by atoms with Crippen LogP contribution >= 0.6 is 23.2 Å². The SMILES string of the molecule is CC1(Cn2c(CCCl)nc3cc(F)c(Cl)cc32)CCCC1. The fourth-order valence-corrected chi connectivity index (χ4v) is 3.72. The van der Waals surface area contributed by atoms with Gasteiger partial charge in [-0.25, -0.2) is 9.37 Å². The minimum absolute atomic E-state index is 0.151. The zero-order valence-electron chi connectivity index (χ0n) is 12.1. The molecular weight excluding hydrogens is 310 g/mol. The molecule has 0 saturated heterocycles. The Kier molecular flexibility index (Phi) is 4.15. The number of nitrogens with zero attached hydrogens (tertiary/aromatic N) is 2. The van der Waals surface area contributed by atoms with Crippen molar-refractivity contribution < 1.29 is 4.39 Å². The third-order valence-corrected chi connectivity index (χ3v) is 5.02. The van der Waals surface area contributed by atoms with Crippen molar-refractivity contribution in [1.29, 1.82) is 0 Å². The summed E-state index contributed by atoms with van der Waals surface area (Å²) >= 11 is 11.9. The third-order valence-electron chi connectivity index (χ3n) is 4.54. The summed E-state index contributed by atoms with van der Waals surface area (Å²) in [5.74, 6) is 1.02. The lowest BCUT2D eigenvalue weighted by molar-refractivity contribution is 0.282. The molecule has 5 heteroatoms. The zero-order valence-corrected chi connectivity index (χ0v) is 13.6. The molecule has 1 aliphatic carbocycles. The molecule has 1 aromatic heterocycles. The minimum atomic E-state index is -0.418. The summed E-state index contributed by atoms with van der Waals surface area (Å²) in [5.41, 5.74) is 1.86. The van der Waals surface area contributed by atoms with Crippen LogP contribution in [0.2, 0.25) is 5.02 Å². The van der Waals surface area contributed by atoms with E-state index in [1.807, 2.05) is 0 Å². The van der Waals surface area contributed by atoms with Gasteiger partial charge in [-0.05, 0) is 24.3 Å². The Morgan fingerprint density at radius 1 is 1.33 bits per heavy atom. The molecule has 3 rings (SSSR count). The number of imidazole rings is 1. The molecule has 0 atom stereocenters. The van der Waals surface area contributed by atoms with E-state index in [4.69, 9.17) is 23.2 Å². The van der Waals surface area contributed by atoms with Crippen LogP contribution in [0, 0.1) is 11.2 Å². The van der Waals surface area contributed by atoms with Crippen LogP contribution in [0.1, 0.15) is 38.4 Å². The highest BCUT2D eigenvalue weighted by molar-refractivity contribution is 6.31. The zero-order chi connectivity index (χ0) is 15.0. The number of halogens is 3. The molecule has 0 unspecified atom stereocenters. The largest absolute Gasteiger partial charge is 0.327 e. The maximum atomic E-state index is 13.6. The number of fused-ring (bicyclic) bond motifs is 1. The quantitative estimate of drug-likeness (QED) is 0.706. The molecule has 1 aromatic carbocycles. The fourth-order valence-electron chi connectivity index (χ4n) is 3.39. The molecule has 1 aliphatic rings. The lowest BCUT2D eigenvalue weighted by atomic mass is 9.88. The topological polar surface area (TPSA) is 17.8 Å². The van der Waals surface area contributed by atoms with Gasteiger partial charge in [0.2, 0.25) is 0 Å². The van der Waals surface area contributed by atoms with Crippen molar-refractivity contribution in [3.8, 4) is 0 Å². The Hall–Kier alpha value is -0.800. The van der Waals surface area contributed by atoms with Gasteiger partial charge >= 0.3 is 0 Å². The molecule has 1 heterocycles. The summed E-state index contributed by atoms with van der Waals surface area (Å²) in [6, 6.07) is 3.11. The van der Waals surface area contributed by atoms with Crippen molar-refractivity contribution >= 4 is 34.2 Å². The first kappa shape index (κ1) is 15.1. The molecule has 0 amide bonds. The number of hydrogen-bond acceptors (Lipinski definition) is 1. The molecular formula is C16H19Cl2FN2. The molecule has 0 bridgehead atoms. The molecule has 2 aromatic rings. The lowest BCUT2D eigenvalue weighted by Gasteiger charge is -2.25. The van der Waals surface area contributed by atoms with Gasteiger partial charge in [0.15, 0.2) is 0 Å². The van der Waals surface area contributed by atoms with E-state index >= 15 is 0 Å². The van der Waals surface area contributed by atoms with Crippen molar-refractivity contribution in [2.24, 2.45) is 5.41 Å². The van der Waals surface area contributed by atoms with E-state index in [1.54, 1.807) is 6.07 Å². The molecule has 0 aliphatic heterocycles. The molecule has 21 heavy (non-hydrogen) atoms. The smallest absolute Gasteiger partial charge is 0.144 e. The van der Waals surface area contributed by atoms with E-state index in [1.165, 1.54) is 31.7 Å². The van der Waals surface area contributed by atoms with Gasteiger partial charge in [-0.2, -0.15) is 0 Å². The number of alkyl halides is 1. The van der Waals surface area contributed by atoms with Crippen LogP contribution in [-0.4, -0.2) is 15.4 Å². The molecule has 114 valence electrons. The van der Waals surface area contributed by atoms with Gasteiger partial charge in [0.1, 0.15) is 11.6 Å². The summed E-state index contributed by atoms with van der Waals surface area (Å²) in [5, 5.41) is 0.151. The fraction of sp³-hybridized carbons (Fsp3) is 0.562. The van der Waals surface area contributed by atoms with Gasteiger partial charge in [0.05, 0.1) is 16.1 Å². The second-order valence-electron chi connectivity index (χ2n) is 6.33. The summed E-state index contributed by atoms with van der Waals surface area (Å²) in [7, 11) is 0. The first-order chi connectivity index (χ1) is 10.0. The summed E-state index contributed by atoms with van der Waals surface area (Å²) in [6.07, 6.45) is 5.70. The Labute approximate surface area is 134 Å². The van der Waals surface area contributed by atoms with Crippen molar-refractivity contribution in [2.75, 3.05) is 5.88 Å². The van der Waals surface area contributed by atoms with E-state index in [2.05, 4.69) is 16.5 Å². The van der Waals surface area contributed by atoms with Crippen LogP contribution in [-0.2, 0) is 13.0 Å². The lowest BCUT2D eigenvalue weighted by Crippen LogP contribution is -2.21. The Morgan fingerprint density at radius 2 is 2.05 bits per heavy atom. The van der Waals surface area contributed by atoms with Crippen molar-refractivity contribution in [1.82, 2.24) is 9.55 Å². The number of aryl methyl sites for hydroxylation is 1. The van der Waals surface area contributed by atoms with Gasteiger partial charge in [-0.15, -0.1) is 11.6 Å². The second kappa shape index (κ2) is 5.77. The van der Waals surface area contributed by atoms with Crippen molar-refractivity contribution in [3.63, 3.8) is 0 Å². The predicted octanol–water partition coefficient (Wildman–Crippen LogP) is 5.19. The van der Waals surface area contributed by atoms with Crippen LogP contribution < -0.4 is 0 Å². The highest BCUT2D eigenvalue weighted by Crippen LogP contribution is 2.40. The number of rotatable bonds is 4. The number of hydrogen-bond donors (Lipinski definition) is 0. The van der Waals surface area contributed by atoms with E-state index in [9.17, 15) is 4.39 Å². The Balaban J connectivity index is 2.08. The summed E-state index contributed by atoms with van der Waals surface area (Å²) < 4.78 is 15.8. The highest BCUT2D eigenvalue weighted by Gasteiger charge is 2.30. The van der Waals surface area contributed by atoms with Crippen LogP contribution in [0.5, 0.6) is 0 Å². The van der Waals surface area contributed by atoms with E-state index in [0.29, 0.717) is 17.8 Å². The van der Waals surface area contributed by atoms with E-state index in [-0.39, 0.29) is 10.4 Å². The first-order valence-corrected chi connectivity index (χ1v) is 8.34. The standard InChI is InChI=1S/C16H19Cl2FN2/c1-16(5-2-3-6-16)10-21-14-8-11(18)12(19)9-13(14)20-15(21)4-7-17/h8-9H,2-7,10H2,1H3. The molecule has 0 spiro atoms. The van der Waals surface area contributed by atoms with Crippen molar-refractivity contribution in [3.05, 3.63) is 28.8 Å². The van der Waals surface area contributed by atoms with Gasteiger partial charge in [0.25, 0.3) is 0 Å². The maximum absolute atomic E-state index is 13.6. The van der Waals surface area contributed by atoms with Gasteiger partial charge in [-0.1, -0.05) is 31.4 Å². The summed E-state index contributed by atoms with van der Waals surface area (Å²) in [6.45, 7) is 3.22. The highest BCUT2D eigenvalue weighted by atomic mass is 35.5. The van der Waals surface area contributed by atoms with Crippen molar-refractivity contribution in [2.45, 2.75) is 45.6 Å². The third kappa shape index (κ3) is 2.91. The van der Waals surface area contributed by atoms with Gasteiger partial charge in [0, 0.05) is 24.9 Å². The monoisotopic (exact) mass is 328 g/mol. The first-order valence-electron chi connectivity index (χ1n) is 7.42. The normalized spacial score (nSPS) is 17.7. The van der Waals surface area contributed by atoms with E-state index in [0.717, 1.165) is 17.9 Å². The minimum Gasteiger partial charge on any atom is -0.327 e. The molecule has 1 fully saturated rings. The average Bonchev–Trinajstić information content (AvgIpc) is 2.98. The van der Waals surface area contributed by atoms with Gasteiger partial charge in [-0.3, -0.25) is 0 Å². The second-order valence-corrected chi connectivity index (χ2v) is 7.11. The Morgan fingerprint density at radius 3 is 2.71 bits per heavy atom. The molecule has 2 nitrogen and oxygen atoms in total. The predicted molar refractivity (Wildman–Crippen MR) is 85.7 cm³/mol. The van der Waals surface area contributed by atoms with Gasteiger partial charge < -0.3 is 4.57 Å². The van der Waals surface area contributed by atoms with E-state index < -0.39 is 5.82 Å². The maximum Gasteiger partial charge on any atom is 0.144 e. The van der Waals surface area contributed by atoms with Crippen LogP contribution in [0.3, 0.4) is 0 Å². The number of benzene rings is 1. The number of aromatic nitrogens is 2. The summed E-state index contributed by atoms with van der Waals surface area (Å²) in [4.78, 5) is 4.56. The van der Waals surface area contributed by atoms with Crippen LogP contribution in [0.25, 0.3) is 11.0 Å². The van der Waals surface area contributed by atoms with Crippen LogP contribution in [0.15, 0.2) is 12.1 Å².